The van der Waals surface area contributed by atoms with Crippen LogP contribution in [0.4, 0.5) is 5.13 Å². The van der Waals surface area contributed by atoms with Gasteiger partial charge in [0.1, 0.15) is 5.01 Å². The lowest BCUT2D eigenvalue weighted by molar-refractivity contribution is -0.116. The van der Waals surface area contributed by atoms with Gasteiger partial charge in [0, 0.05) is 45.1 Å². The van der Waals surface area contributed by atoms with Crippen LogP contribution in [0.1, 0.15) is 36.6 Å². The average Bonchev–Trinajstić information content (AvgIpc) is 3.17. The number of hydrogen-bond donors (Lipinski definition) is 0. The predicted octanol–water partition coefficient (Wildman–Crippen LogP) is 1.80. The van der Waals surface area contributed by atoms with Gasteiger partial charge in [-0.2, -0.15) is 0 Å². The standard InChI is InChI=1S/C13H19N3O2S/c1-2-10(1)11-14-15-12(19-11)16-5-8-18-13(9-16)3-6-17-7-4-13/h10H,1-9H2. The second kappa shape index (κ2) is 4.68. The minimum atomic E-state index is -0.0120. The molecular formula is C13H19N3O2S. The summed E-state index contributed by atoms with van der Waals surface area (Å²) in [7, 11) is 0. The van der Waals surface area contributed by atoms with E-state index < -0.39 is 0 Å². The third-order valence-electron chi connectivity index (χ3n) is 4.28. The smallest absolute Gasteiger partial charge is 0.208 e. The van der Waals surface area contributed by atoms with E-state index in [1.165, 1.54) is 17.8 Å². The highest BCUT2D eigenvalue weighted by Gasteiger charge is 2.39. The monoisotopic (exact) mass is 281 g/mol. The van der Waals surface area contributed by atoms with Crippen molar-refractivity contribution in [3.63, 3.8) is 0 Å². The molecule has 4 rings (SSSR count). The Labute approximate surface area is 116 Å². The molecule has 0 bridgehead atoms. The molecule has 3 fully saturated rings. The molecule has 0 aromatic carbocycles. The van der Waals surface area contributed by atoms with Crippen LogP contribution in [0.15, 0.2) is 0 Å². The molecule has 19 heavy (non-hydrogen) atoms. The first-order chi connectivity index (χ1) is 9.35. The number of anilines is 1. The number of ether oxygens (including phenoxy) is 2. The predicted molar refractivity (Wildman–Crippen MR) is 72.8 cm³/mol. The van der Waals surface area contributed by atoms with Crippen molar-refractivity contribution in [3.8, 4) is 0 Å². The molecule has 3 aliphatic rings. The van der Waals surface area contributed by atoms with Crippen LogP contribution >= 0.6 is 11.3 Å². The third-order valence-corrected chi connectivity index (χ3v) is 5.43. The Kier molecular flexibility index (Phi) is 2.97. The molecule has 5 nitrogen and oxygen atoms in total. The van der Waals surface area contributed by atoms with Crippen LogP contribution in [-0.2, 0) is 9.47 Å². The maximum atomic E-state index is 6.06. The fourth-order valence-electron chi connectivity index (χ4n) is 2.90. The molecule has 0 amide bonds. The summed E-state index contributed by atoms with van der Waals surface area (Å²) in [5.41, 5.74) is -0.0120. The van der Waals surface area contributed by atoms with Gasteiger partial charge < -0.3 is 14.4 Å². The van der Waals surface area contributed by atoms with E-state index in [9.17, 15) is 0 Å². The first kappa shape index (κ1) is 12.1. The minimum absolute atomic E-state index is 0.0120. The van der Waals surface area contributed by atoms with Crippen LogP contribution in [0.25, 0.3) is 0 Å². The fraction of sp³-hybridized carbons (Fsp3) is 0.846. The summed E-state index contributed by atoms with van der Waals surface area (Å²) in [5.74, 6) is 0.698. The van der Waals surface area contributed by atoms with Gasteiger partial charge in [0.2, 0.25) is 5.13 Å². The summed E-state index contributed by atoms with van der Waals surface area (Å²) < 4.78 is 11.5. The summed E-state index contributed by atoms with van der Waals surface area (Å²) in [5, 5.41) is 11.0. The molecule has 1 aromatic rings. The van der Waals surface area contributed by atoms with E-state index in [1.807, 2.05) is 0 Å². The largest absolute Gasteiger partial charge is 0.381 e. The zero-order valence-corrected chi connectivity index (χ0v) is 11.8. The lowest BCUT2D eigenvalue weighted by Crippen LogP contribution is -2.54. The van der Waals surface area contributed by atoms with E-state index in [0.29, 0.717) is 5.92 Å². The maximum Gasteiger partial charge on any atom is 0.208 e. The fourth-order valence-corrected chi connectivity index (χ4v) is 3.94. The molecule has 104 valence electrons. The Morgan fingerprint density at radius 2 is 2.00 bits per heavy atom. The topological polar surface area (TPSA) is 47.5 Å². The molecule has 0 radical (unpaired) electrons. The number of morpholine rings is 1. The van der Waals surface area contributed by atoms with Crippen LogP contribution in [0.3, 0.4) is 0 Å². The zero-order valence-electron chi connectivity index (χ0n) is 11.0. The average molecular weight is 281 g/mol. The lowest BCUT2D eigenvalue weighted by atomic mass is 9.92. The van der Waals surface area contributed by atoms with Crippen molar-refractivity contribution in [2.45, 2.75) is 37.2 Å². The van der Waals surface area contributed by atoms with Crippen molar-refractivity contribution in [1.29, 1.82) is 0 Å². The van der Waals surface area contributed by atoms with Crippen molar-refractivity contribution < 1.29 is 9.47 Å². The second-order valence-electron chi connectivity index (χ2n) is 5.76. The van der Waals surface area contributed by atoms with Gasteiger partial charge in [-0.1, -0.05) is 11.3 Å². The van der Waals surface area contributed by atoms with E-state index in [2.05, 4.69) is 15.1 Å². The van der Waals surface area contributed by atoms with Crippen molar-refractivity contribution >= 4 is 16.5 Å². The Hall–Kier alpha value is -0.720. The van der Waals surface area contributed by atoms with Crippen LogP contribution in [0.2, 0.25) is 0 Å². The highest BCUT2D eigenvalue weighted by molar-refractivity contribution is 7.15. The minimum Gasteiger partial charge on any atom is -0.381 e. The molecule has 0 atom stereocenters. The molecule has 1 saturated carbocycles. The molecular weight excluding hydrogens is 262 g/mol. The molecule has 1 aromatic heterocycles. The van der Waals surface area contributed by atoms with Gasteiger partial charge >= 0.3 is 0 Å². The molecule has 0 unspecified atom stereocenters. The first-order valence-electron chi connectivity index (χ1n) is 7.15. The highest BCUT2D eigenvalue weighted by Crippen LogP contribution is 2.43. The number of rotatable bonds is 2. The molecule has 2 saturated heterocycles. The highest BCUT2D eigenvalue weighted by atomic mass is 32.1. The summed E-state index contributed by atoms with van der Waals surface area (Å²) >= 11 is 1.77. The lowest BCUT2D eigenvalue weighted by Gasteiger charge is -2.44. The first-order valence-corrected chi connectivity index (χ1v) is 7.96. The Morgan fingerprint density at radius 1 is 1.16 bits per heavy atom. The van der Waals surface area contributed by atoms with Gasteiger partial charge in [0.25, 0.3) is 0 Å². The second-order valence-corrected chi connectivity index (χ2v) is 6.75. The zero-order chi connectivity index (χ0) is 12.7. The summed E-state index contributed by atoms with van der Waals surface area (Å²) in [4.78, 5) is 2.36. The van der Waals surface area contributed by atoms with Crippen molar-refractivity contribution in [2.24, 2.45) is 0 Å². The van der Waals surface area contributed by atoms with E-state index in [4.69, 9.17) is 9.47 Å². The van der Waals surface area contributed by atoms with Gasteiger partial charge in [-0.3, -0.25) is 0 Å². The van der Waals surface area contributed by atoms with Gasteiger partial charge in [0.15, 0.2) is 0 Å². The van der Waals surface area contributed by atoms with Crippen molar-refractivity contribution in [1.82, 2.24) is 10.2 Å². The number of nitrogens with zero attached hydrogens (tertiary/aromatic N) is 3. The van der Waals surface area contributed by atoms with Gasteiger partial charge in [-0.25, -0.2) is 0 Å². The van der Waals surface area contributed by atoms with E-state index >= 15 is 0 Å². The summed E-state index contributed by atoms with van der Waals surface area (Å²) in [6.07, 6.45) is 4.58. The molecule has 6 heteroatoms. The number of aromatic nitrogens is 2. The molecule has 0 N–H and O–H groups in total. The van der Waals surface area contributed by atoms with E-state index in [0.717, 1.165) is 50.9 Å². The van der Waals surface area contributed by atoms with Crippen LogP contribution < -0.4 is 4.90 Å². The van der Waals surface area contributed by atoms with Gasteiger partial charge in [0.05, 0.1) is 12.2 Å². The summed E-state index contributed by atoms with van der Waals surface area (Å²) in [6.45, 7) is 4.30. The molecule has 2 aliphatic heterocycles. The molecule has 3 heterocycles. The Bertz CT molecular complexity index is 449. The van der Waals surface area contributed by atoms with Crippen LogP contribution in [0, 0.1) is 0 Å². The van der Waals surface area contributed by atoms with E-state index in [1.54, 1.807) is 11.3 Å². The SMILES string of the molecule is C1CC2(CCO1)CN(c1nnc(C3CC3)s1)CCO2. The van der Waals surface area contributed by atoms with Crippen LogP contribution in [-0.4, -0.2) is 48.7 Å². The summed E-state index contributed by atoms with van der Waals surface area (Å²) in [6, 6.07) is 0. The maximum absolute atomic E-state index is 6.06. The quantitative estimate of drug-likeness (QED) is 0.827. The van der Waals surface area contributed by atoms with E-state index in [-0.39, 0.29) is 5.60 Å². The Balaban J connectivity index is 1.50. The molecule has 1 spiro atoms. The normalized spacial score (nSPS) is 26.8. The number of hydrogen-bond acceptors (Lipinski definition) is 6. The van der Waals surface area contributed by atoms with Crippen molar-refractivity contribution in [2.75, 3.05) is 37.8 Å². The van der Waals surface area contributed by atoms with Crippen molar-refractivity contribution in [3.05, 3.63) is 5.01 Å². The molecule has 1 aliphatic carbocycles. The Morgan fingerprint density at radius 3 is 2.79 bits per heavy atom. The van der Waals surface area contributed by atoms with Gasteiger partial charge in [-0.15, -0.1) is 10.2 Å². The van der Waals surface area contributed by atoms with Gasteiger partial charge in [-0.05, 0) is 12.8 Å². The van der Waals surface area contributed by atoms with Crippen LogP contribution in [0.5, 0.6) is 0 Å². The third kappa shape index (κ3) is 2.37.